The van der Waals surface area contributed by atoms with E-state index in [9.17, 15) is 9.90 Å². The molecule has 1 fully saturated rings. The Bertz CT molecular complexity index is 298. The van der Waals surface area contributed by atoms with Gasteiger partial charge in [-0.2, -0.15) is 0 Å². The first-order valence-electron chi connectivity index (χ1n) is 7.18. The molecule has 1 rings (SSSR count). The number of carbonyl (C=O) groups is 1. The number of carboxylic acid groups (broad SMARTS) is 1. The molecule has 0 radical (unpaired) electrons. The van der Waals surface area contributed by atoms with Gasteiger partial charge in [0.15, 0.2) is 0 Å². The van der Waals surface area contributed by atoms with Gasteiger partial charge in [0.25, 0.3) is 0 Å². The number of hydrogen-bond acceptors (Lipinski definition) is 4. The molecule has 0 saturated carbocycles. The van der Waals surface area contributed by atoms with E-state index in [1.165, 1.54) is 0 Å². The fourth-order valence-electron chi connectivity index (χ4n) is 2.70. The highest BCUT2D eigenvalue weighted by Gasteiger charge is 2.37. The second-order valence-electron chi connectivity index (χ2n) is 5.76. The first-order chi connectivity index (χ1) is 8.92. The molecule has 0 bridgehead atoms. The summed E-state index contributed by atoms with van der Waals surface area (Å²) in [5.74, 6) is -0.768. The topological polar surface area (TPSA) is 61.8 Å². The van der Waals surface area contributed by atoms with Crippen molar-refractivity contribution >= 4 is 5.97 Å². The van der Waals surface area contributed by atoms with E-state index < -0.39 is 11.5 Å². The molecule has 19 heavy (non-hydrogen) atoms. The van der Waals surface area contributed by atoms with Crippen LogP contribution in [0.1, 0.15) is 40.0 Å². The quantitative estimate of drug-likeness (QED) is 0.698. The molecular formula is C14H28N2O3. The average Bonchev–Trinajstić information content (AvgIpc) is 2.85. The lowest BCUT2D eigenvalue weighted by atomic mass is 9.93. The van der Waals surface area contributed by atoms with E-state index in [1.54, 1.807) is 14.0 Å². The number of carboxylic acids is 1. The Labute approximate surface area is 116 Å². The molecule has 1 aliphatic heterocycles. The van der Waals surface area contributed by atoms with Gasteiger partial charge >= 0.3 is 5.97 Å². The van der Waals surface area contributed by atoms with E-state index in [4.69, 9.17) is 4.74 Å². The lowest BCUT2D eigenvalue weighted by Crippen LogP contribution is -2.53. The van der Waals surface area contributed by atoms with Crippen LogP contribution >= 0.6 is 0 Å². The van der Waals surface area contributed by atoms with Crippen molar-refractivity contribution in [3.8, 4) is 0 Å². The number of likely N-dealkylation sites (tertiary alicyclic amines) is 1. The van der Waals surface area contributed by atoms with Crippen LogP contribution in [-0.4, -0.2) is 60.4 Å². The summed E-state index contributed by atoms with van der Waals surface area (Å²) in [5.41, 5.74) is -0.847. The van der Waals surface area contributed by atoms with Crippen LogP contribution in [0.5, 0.6) is 0 Å². The zero-order chi connectivity index (χ0) is 14.5. The third-order valence-electron chi connectivity index (χ3n) is 4.07. The third-order valence-corrected chi connectivity index (χ3v) is 4.07. The van der Waals surface area contributed by atoms with Crippen molar-refractivity contribution in [3.63, 3.8) is 0 Å². The van der Waals surface area contributed by atoms with Gasteiger partial charge in [-0.25, -0.2) is 0 Å². The minimum atomic E-state index is -0.847. The number of ether oxygens (including phenoxy) is 1. The Balaban J connectivity index is 2.56. The van der Waals surface area contributed by atoms with Gasteiger partial charge in [0, 0.05) is 26.2 Å². The fraction of sp³-hybridized carbons (Fsp3) is 0.929. The first kappa shape index (κ1) is 16.4. The van der Waals surface area contributed by atoms with Crippen LogP contribution in [0.2, 0.25) is 0 Å². The number of methoxy groups -OCH3 is 1. The summed E-state index contributed by atoms with van der Waals surface area (Å²) in [6, 6.07) is 0.241. The molecule has 1 aliphatic rings. The van der Waals surface area contributed by atoms with Gasteiger partial charge in [0.05, 0.1) is 6.10 Å². The van der Waals surface area contributed by atoms with Crippen molar-refractivity contribution in [2.24, 2.45) is 0 Å². The summed E-state index contributed by atoms with van der Waals surface area (Å²) in [6.45, 7) is 8.56. The highest BCUT2D eigenvalue weighted by molar-refractivity contribution is 5.78. The number of aliphatic carboxylic acids is 1. The summed E-state index contributed by atoms with van der Waals surface area (Å²) < 4.78 is 5.36. The lowest BCUT2D eigenvalue weighted by molar-refractivity contribution is -0.145. The monoisotopic (exact) mass is 272 g/mol. The van der Waals surface area contributed by atoms with Gasteiger partial charge in [0.2, 0.25) is 0 Å². The van der Waals surface area contributed by atoms with Crippen molar-refractivity contribution in [1.82, 2.24) is 10.2 Å². The normalized spacial score (nSPS) is 25.2. The molecule has 112 valence electrons. The van der Waals surface area contributed by atoms with Crippen LogP contribution in [0.3, 0.4) is 0 Å². The molecule has 0 spiro atoms. The minimum absolute atomic E-state index is 0.241. The summed E-state index contributed by atoms with van der Waals surface area (Å²) in [5, 5.41) is 12.6. The van der Waals surface area contributed by atoms with E-state index >= 15 is 0 Å². The van der Waals surface area contributed by atoms with E-state index in [0.717, 1.165) is 32.5 Å². The number of nitrogens with one attached hydrogen (secondary N) is 1. The van der Waals surface area contributed by atoms with E-state index in [1.807, 2.05) is 6.92 Å². The summed E-state index contributed by atoms with van der Waals surface area (Å²) in [7, 11) is 1.74. The van der Waals surface area contributed by atoms with Crippen LogP contribution < -0.4 is 5.32 Å². The standard InChI is InChI=1S/C14H28N2O3/c1-5-7-15-14(3,13(17)18)9-11(2)16-8-6-12(10-16)19-4/h11-12,15H,5-10H2,1-4H3,(H,17,18). The van der Waals surface area contributed by atoms with Gasteiger partial charge in [-0.1, -0.05) is 6.92 Å². The predicted octanol–water partition coefficient (Wildman–Crippen LogP) is 1.33. The van der Waals surface area contributed by atoms with Gasteiger partial charge in [-0.05, 0) is 39.7 Å². The van der Waals surface area contributed by atoms with E-state index in [0.29, 0.717) is 12.5 Å². The van der Waals surface area contributed by atoms with Crippen molar-refractivity contribution < 1.29 is 14.6 Å². The molecule has 2 N–H and O–H groups in total. The van der Waals surface area contributed by atoms with Gasteiger partial charge < -0.3 is 15.2 Å². The summed E-state index contributed by atoms with van der Waals surface area (Å²) in [6.07, 6.45) is 2.88. The maximum atomic E-state index is 11.5. The van der Waals surface area contributed by atoms with Crippen LogP contribution in [0, 0.1) is 0 Å². The van der Waals surface area contributed by atoms with Crippen molar-refractivity contribution in [1.29, 1.82) is 0 Å². The molecule has 0 aromatic heterocycles. The second-order valence-corrected chi connectivity index (χ2v) is 5.76. The first-order valence-corrected chi connectivity index (χ1v) is 7.18. The molecule has 5 heteroatoms. The molecule has 1 heterocycles. The molecule has 5 nitrogen and oxygen atoms in total. The van der Waals surface area contributed by atoms with Crippen LogP contribution in [-0.2, 0) is 9.53 Å². The summed E-state index contributed by atoms with van der Waals surface area (Å²) >= 11 is 0. The van der Waals surface area contributed by atoms with Crippen molar-refractivity contribution in [2.75, 3.05) is 26.7 Å². The molecule has 0 amide bonds. The SMILES string of the molecule is CCCNC(C)(CC(C)N1CCC(OC)C1)C(=O)O. The maximum Gasteiger partial charge on any atom is 0.323 e. The Morgan fingerprint density at radius 2 is 2.32 bits per heavy atom. The Morgan fingerprint density at radius 1 is 1.63 bits per heavy atom. The highest BCUT2D eigenvalue weighted by atomic mass is 16.5. The average molecular weight is 272 g/mol. The molecule has 1 saturated heterocycles. The Morgan fingerprint density at radius 3 is 2.79 bits per heavy atom. The smallest absolute Gasteiger partial charge is 0.323 e. The van der Waals surface area contributed by atoms with Crippen LogP contribution in [0.25, 0.3) is 0 Å². The number of hydrogen-bond donors (Lipinski definition) is 2. The predicted molar refractivity (Wildman–Crippen MR) is 75.4 cm³/mol. The Hall–Kier alpha value is -0.650. The fourth-order valence-corrected chi connectivity index (χ4v) is 2.70. The third kappa shape index (κ3) is 4.44. The molecule has 0 aromatic rings. The highest BCUT2D eigenvalue weighted by Crippen LogP contribution is 2.21. The van der Waals surface area contributed by atoms with Gasteiger partial charge in [-0.3, -0.25) is 9.69 Å². The van der Waals surface area contributed by atoms with Crippen LogP contribution in [0.4, 0.5) is 0 Å². The second kappa shape index (κ2) is 7.22. The molecule has 0 aromatic carbocycles. The lowest BCUT2D eigenvalue weighted by Gasteiger charge is -2.33. The van der Waals surface area contributed by atoms with Gasteiger partial charge in [0.1, 0.15) is 5.54 Å². The summed E-state index contributed by atoms with van der Waals surface area (Å²) in [4.78, 5) is 13.8. The number of rotatable bonds is 8. The Kier molecular flexibility index (Phi) is 6.23. The van der Waals surface area contributed by atoms with Gasteiger partial charge in [-0.15, -0.1) is 0 Å². The van der Waals surface area contributed by atoms with E-state index in [2.05, 4.69) is 17.1 Å². The number of nitrogens with zero attached hydrogens (tertiary/aromatic N) is 1. The van der Waals surface area contributed by atoms with E-state index in [-0.39, 0.29) is 6.04 Å². The zero-order valence-corrected chi connectivity index (χ0v) is 12.6. The minimum Gasteiger partial charge on any atom is -0.480 e. The molecule has 3 unspecified atom stereocenters. The van der Waals surface area contributed by atoms with Crippen molar-refractivity contribution in [2.45, 2.75) is 57.7 Å². The molecular weight excluding hydrogens is 244 g/mol. The largest absolute Gasteiger partial charge is 0.480 e. The van der Waals surface area contributed by atoms with Crippen LogP contribution in [0.15, 0.2) is 0 Å². The van der Waals surface area contributed by atoms with Crippen molar-refractivity contribution in [3.05, 3.63) is 0 Å². The molecule has 3 atom stereocenters. The molecule has 0 aliphatic carbocycles. The maximum absolute atomic E-state index is 11.5. The zero-order valence-electron chi connectivity index (χ0n) is 12.6.